The number of halogens is 2. The SMILES string of the molecule is Cc1c(Nc2nc(C(F)F)nc3cc(CN4CCC(O)C4)cnc23)cccc1-c1cccc(-c2nc3cc(CNCC45CCC(C(=O)O)(CC4)C5)c(C4CC4)cc3o2)c1C. The molecule has 1 aliphatic heterocycles. The van der Waals surface area contributed by atoms with Crippen LogP contribution in [0.4, 0.5) is 20.3 Å². The van der Waals surface area contributed by atoms with Crippen molar-refractivity contribution in [2.75, 3.05) is 25.0 Å². The van der Waals surface area contributed by atoms with Gasteiger partial charge in [-0.1, -0.05) is 24.3 Å². The molecule has 3 aliphatic carbocycles. The van der Waals surface area contributed by atoms with Gasteiger partial charge >= 0.3 is 5.97 Å². The van der Waals surface area contributed by atoms with Gasteiger partial charge in [-0.3, -0.25) is 14.7 Å². The first kappa shape index (κ1) is 38.8. The molecule has 4 N–H and O–H groups in total. The lowest BCUT2D eigenvalue weighted by Crippen LogP contribution is -2.30. The number of anilines is 2. The van der Waals surface area contributed by atoms with Crippen molar-refractivity contribution < 1.29 is 28.2 Å². The molecule has 11 nitrogen and oxygen atoms in total. The fourth-order valence-electron chi connectivity index (χ4n) is 10.3. The summed E-state index contributed by atoms with van der Waals surface area (Å²) in [5, 5.41) is 26.9. The van der Waals surface area contributed by atoms with Crippen molar-refractivity contribution in [1.29, 1.82) is 0 Å². The summed E-state index contributed by atoms with van der Waals surface area (Å²) in [5.74, 6) is 0.0519. The molecule has 0 spiro atoms. The number of fused-ring (bicyclic) bond motifs is 4. The summed E-state index contributed by atoms with van der Waals surface area (Å²) >= 11 is 0. The Balaban J connectivity index is 0.915. The minimum atomic E-state index is -2.87. The average Bonchev–Trinajstić information content (AvgIpc) is 3.50. The second kappa shape index (κ2) is 15.0. The van der Waals surface area contributed by atoms with E-state index in [0.717, 1.165) is 103 Å². The number of aliphatic carboxylic acids is 1. The summed E-state index contributed by atoms with van der Waals surface area (Å²) in [6.07, 6.45) is 5.78. The molecular formula is C47H49F2N7O4. The Bertz CT molecular complexity index is 2650. The number of benzene rings is 3. The number of likely N-dealkylation sites (tertiary alicyclic amines) is 1. The van der Waals surface area contributed by atoms with Gasteiger partial charge in [0.2, 0.25) is 5.89 Å². The predicted octanol–water partition coefficient (Wildman–Crippen LogP) is 9.37. The third-order valence-electron chi connectivity index (χ3n) is 13.8. The normalized spacial score (nSPS) is 22.8. The molecule has 310 valence electrons. The van der Waals surface area contributed by atoms with Crippen LogP contribution in [-0.2, 0) is 17.9 Å². The van der Waals surface area contributed by atoms with Gasteiger partial charge in [0.05, 0.1) is 17.0 Å². The zero-order valence-corrected chi connectivity index (χ0v) is 33.9. The highest BCUT2D eigenvalue weighted by Gasteiger charge is 2.57. The lowest BCUT2D eigenvalue weighted by molar-refractivity contribution is -0.148. The van der Waals surface area contributed by atoms with Crippen molar-refractivity contribution in [1.82, 2.24) is 30.2 Å². The van der Waals surface area contributed by atoms with Gasteiger partial charge in [-0.25, -0.2) is 23.7 Å². The van der Waals surface area contributed by atoms with Crippen molar-refractivity contribution in [3.8, 4) is 22.6 Å². The number of β-amino-alcohol motifs (C(OH)–C–C–N with tert-alkyl or cyclic N) is 1. The average molecular weight is 814 g/mol. The maximum absolute atomic E-state index is 14.1. The summed E-state index contributed by atoms with van der Waals surface area (Å²) in [7, 11) is 0. The highest BCUT2D eigenvalue weighted by Crippen LogP contribution is 2.61. The number of aliphatic hydroxyl groups is 1. The highest BCUT2D eigenvalue weighted by molar-refractivity contribution is 5.89. The molecule has 4 heterocycles. The van der Waals surface area contributed by atoms with Crippen LogP contribution in [-0.4, -0.2) is 66.8 Å². The third kappa shape index (κ3) is 7.09. The smallest absolute Gasteiger partial charge is 0.309 e. The van der Waals surface area contributed by atoms with Crippen LogP contribution in [0.3, 0.4) is 0 Å². The van der Waals surface area contributed by atoms with Crippen molar-refractivity contribution in [3.63, 3.8) is 0 Å². The fraction of sp³-hybridized carbons (Fsp3) is 0.426. The van der Waals surface area contributed by atoms with E-state index in [1.807, 2.05) is 37.3 Å². The topological polar surface area (TPSA) is 150 Å². The molecule has 3 saturated carbocycles. The zero-order valence-electron chi connectivity index (χ0n) is 33.9. The number of oxazole rings is 1. The monoisotopic (exact) mass is 813 g/mol. The molecule has 0 radical (unpaired) electrons. The maximum atomic E-state index is 14.1. The van der Waals surface area contributed by atoms with Crippen molar-refractivity contribution in [2.45, 2.75) is 96.8 Å². The molecule has 0 amide bonds. The van der Waals surface area contributed by atoms with E-state index < -0.39 is 23.6 Å². The van der Waals surface area contributed by atoms with E-state index in [-0.39, 0.29) is 17.3 Å². The number of carbonyl (C=O) groups is 1. The number of pyridine rings is 1. The van der Waals surface area contributed by atoms with Crippen LogP contribution < -0.4 is 10.6 Å². The summed E-state index contributed by atoms with van der Waals surface area (Å²) in [5.41, 5.74) is 10.6. The van der Waals surface area contributed by atoms with Crippen molar-refractivity contribution in [3.05, 3.63) is 94.4 Å². The van der Waals surface area contributed by atoms with Gasteiger partial charge in [-0.15, -0.1) is 0 Å². The van der Waals surface area contributed by atoms with Crippen LogP contribution in [0.2, 0.25) is 0 Å². The third-order valence-corrected chi connectivity index (χ3v) is 13.8. The fourth-order valence-corrected chi connectivity index (χ4v) is 10.3. The van der Waals surface area contributed by atoms with E-state index in [1.54, 1.807) is 12.3 Å². The number of carboxylic acid groups (broad SMARTS) is 1. The lowest BCUT2D eigenvalue weighted by atomic mass is 9.82. The van der Waals surface area contributed by atoms with E-state index in [4.69, 9.17) is 9.40 Å². The number of nitrogens with one attached hydrogen (secondary N) is 2. The molecule has 4 fully saturated rings. The molecule has 1 unspecified atom stereocenters. The van der Waals surface area contributed by atoms with Crippen LogP contribution in [0.15, 0.2) is 65.2 Å². The Hall–Kier alpha value is -5.37. The Morgan fingerprint density at radius 3 is 2.43 bits per heavy atom. The molecule has 60 heavy (non-hydrogen) atoms. The van der Waals surface area contributed by atoms with E-state index in [0.29, 0.717) is 54.6 Å². The maximum Gasteiger partial charge on any atom is 0.309 e. The first-order chi connectivity index (χ1) is 29.0. The largest absolute Gasteiger partial charge is 0.481 e. The second-order valence-corrected chi connectivity index (χ2v) is 17.9. The minimum Gasteiger partial charge on any atom is -0.481 e. The van der Waals surface area contributed by atoms with Crippen molar-refractivity contribution >= 4 is 39.6 Å². The van der Waals surface area contributed by atoms with Gasteiger partial charge in [-0.05, 0) is 146 Å². The molecule has 4 aliphatic rings. The standard InChI is InChI=1S/C47H49F2N7O4/c1-26-32(33-6-4-8-36(27(33)2)52-42-40-38(53-43(55-42)41(48)49)17-28(20-51-40)22-56-16-11-31(57)23-56)5-3-7-34(26)44-54-37-18-30(35(29-9-10-29)19-39(37)60-44)21-50-25-46-12-14-47(24-46,15-13-46)45(58)59/h3-8,17-20,29,31,41,50,57H,9-16,21-25H2,1-2H3,(H,58,59)(H,52,53,55). The molecule has 6 aromatic rings. The van der Waals surface area contributed by atoms with Crippen LogP contribution in [0, 0.1) is 24.7 Å². The number of carboxylic acids is 1. The van der Waals surface area contributed by atoms with Gasteiger partial charge in [0.1, 0.15) is 11.0 Å². The van der Waals surface area contributed by atoms with Gasteiger partial charge in [0.25, 0.3) is 6.43 Å². The molecule has 3 aromatic heterocycles. The highest BCUT2D eigenvalue weighted by atomic mass is 19.3. The molecule has 1 atom stereocenters. The predicted molar refractivity (Wildman–Crippen MR) is 225 cm³/mol. The molecular weight excluding hydrogens is 765 g/mol. The molecule has 1 saturated heterocycles. The molecule has 10 rings (SSSR count). The lowest BCUT2D eigenvalue weighted by Gasteiger charge is -2.27. The van der Waals surface area contributed by atoms with E-state index in [1.165, 1.54) is 11.1 Å². The molecule has 3 aromatic carbocycles. The summed E-state index contributed by atoms with van der Waals surface area (Å²) in [6, 6.07) is 18.1. The van der Waals surface area contributed by atoms with Crippen LogP contribution in [0.1, 0.15) is 97.4 Å². The van der Waals surface area contributed by atoms with Gasteiger partial charge < -0.3 is 25.3 Å². The Morgan fingerprint density at radius 1 is 0.950 bits per heavy atom. The number of hydrogen-bond acceptors (Lipinski definition) is 10. The molecule has 13 heteroatoms. The van der Waals surface area contributed by atoms with Gasteiger partial charge in [0, 0.05) is 50.2 Å². The van der Waals surface area contributed by atoms with E-state index in [9.17, 15) is 23.8 Å². The number of nitrogens with zero attached hydrogens (tertiary/aromatic N) is 5. The number of rotatable bonds is 13. The quantitative estimate of drug-likeness (QED) is 0.0884. The molecule has 2 bridgehead atoms. The first-order valence-electron chi connectivity index (χ1n) is 21.2. The summed E-state index contributed by atoms with van der Waals surface area (Å²) in [6.45, 7) is 7.45. The van der Waals surface area contributed by atoms with Gasteiger partial charge in [-0.2, -0.15) is 0 Å². The second-order valence-electron chi connectivity index (χ2n) is 17.9. The van der Waals surface area contributed by atoms with Crippen molar-refractivity contribution in [2.24, 2.45) is 10.8 Å². The summed E-state index contributed by atoms with van der Waals surface area (Å²) in [4.78, 5) is 32.2. The minimum absolute atomic E-state index is 0.0729. The van der Waals surface area contributed by atoms with Crippen LogP contribution in [0.25, 0.3) is 44.7 Å². The Morgan fingerprint density at radius 2 is 1.72 bits per heavy atom. The number of alkyl halides is 2. The number of aromatic nitrogens is 4. The Labute approximate surface area is 346 Å². The van der Waals surface area contributed by atoms with Gasteiger partial charge in [0.15, 0.2) is 17.2 Å². The van der Waals surface area contributed by atoms with Crippen LogP contribution >= 0.6 is 0 Å². The Kier molecular flexibility index (Phi) is 9.68. The summed E-state index contributed by atoms with van der Waals surface area (Å²) < 4.78 is 34.8. The number of aliphatic hydroxyl groups excluding tert-OH is 1. The first-order valence-corrected chi connectivity index (χ1v) is 21.2. The van der Waals surface area contributed by atoms with Crippen LogP contribution in [0.5, 0.6) is 0 Å². The van der Waals surface area contributed by atoms with E-state index in [2.05, 4.69) is 55.6 Å². The zero-order chi connectivity index (χ0) is 41.3. The number of hydrogen-bond donors (Lipinski definition) is 4. The van der Waals surface area contributed by atoms with E-state index >= 15 is 0 Å².